The molecule has 7 heteroatoms. The quantitative estimate of drug-likeness (QED) is 0.736. The van der Waals surface area contributed by atoms with Crippen molar-refractivity contribution in [1.82, 2.24) is 5.32 Å². The number of furan rings is 1. The van der Waals surface area contributed by atoms with Gasteiger partial charge in [0.2, 0.25) is 9.84 Å². The van der Waals surface area contributed by atoms with Crippen LogP contribution in [0.2, 0.25) is 0 Å². The van der Waals surface area contributed by atoms with Crippen LogP contribution >= 0.6 is 0 Å². The van der Waals surface area contributed by atoms with Crippen molar-refractivity contribution in [3.63, 3.8) is 0 Å². The fraction of sp³-hybridized carbons (Fsp3) is 0.263. The van der Waals surface area contributed by atoms with Crippen LogP contribution in [0, 0.1) is 5.82 Å². The van der Waals surface area contributed by atoms with Gasteiger partial charge in [-0.25, -0.2) is 12.8 Å². The second-order valence-corrected chi connectivity index (χ2v) is 8.69. The van der Waals surface area contributed by atoms with Crippen molar-refractivity contribution < 1.29 is 17.2 Å². The molecule has 1 aliphatic rings. The first-order valence-corrected chi connectivity index (χ1v) is 9.85. The van der Waals surface area contributed by atoms with Gasteiger partial charge in [-0.3, -0.25) is 0 Å². The number of hydrogen-bond donors (Lipinski definition) is 2. The highest BCUT2D eigenvalue weighted by atomic mass is 32.2. The van der Waals surface area contributed by atoms with Crippen LogP contribution in [0.1, 0.15) is 18.2 Å². The van der Waals surface area contributed by atoms with Gasteiger partial charge in [0, 0.05) is 30.1 Å². The lowest BCUT2D eigenvalue weighted by atomic mass is 9.89. The van der Waals surface area contributed by atoms with Crippen LogP contribution in [0.4, 0.5) is 4.39 Å². The zero-order chi connectivity index (χ0) is 18.5. The van der Waals surface area contributed by atoms with Gasteiger partial charge in [0.05, 0.1) is 15.3 Å². The van der Waals surface area contributed by atoms with Gasteiger partial charge in [-0.15, -0.1) is 0 Å². The van der Waals surface area contributed by atoms with E-state index in [-0.39, 0.29) is 9.79 Å². The maximum atomic E-state index is 13.4. The molecule has 3 N–H and O–H groups in total. The van der Waals surface area contributed by atoms with Crippen LogP contribution in [0.3, 0.4) is 0 Å². The number of hydrogen-bond acceptors (Lipinski definition) is 5. The van der Waals surface area contributed by atoms with E-state index in [1.807, 2.05) is 6.92 Å². The standard InChI is InChI=1S/C19H19FN2O3S/c1-19(11-21)18-16(7-8-22-19)15-6-5-14(10-17(15)25-18)26(23,24)13-4-2-3-12(20)9-13/h2-6,9-10,22H,7-8,11,21H2,1H3. The summed E-state index contributed by atoms with van der Waals surface area (Å²) in [5.41, 5.74) is 6.98. The number of benzene rings is 2. The van der Waals surface area contributed by atoms with Gasteiger partial charge < -0.3 is 15.5 Å². The molecule has 1 aliphatic heterocycles. The molecular formula is C19H19FN2O3S. The van der Waals surface area contributed by atoms with Crippen molar-refractivity contribution >= 4 is 20.8 Å². The summed E-state index contributed by atoms with van der Waals surface area (Å²) in [4.78, 5) is -0.00857. The summed E-state index contributed by atoms with van der Waals surface area (Å²) < 4.78 is 45.1. The number of nitrogens with two attached hydrogens (primary N) is 1. The van der Waals surface area contributed by atoms with E-state index in [1.165, 1.54) is 24.3 Å². The maximum absolute atomic E-state index is 13.4. The minimum atomic E-state index is -3.83. The third-order valence-electron chi connectivity index (χ3n) is 4.98. The van der Waals surface area contributed by atoms with Crippen LogP contribution in [0.15, 0.2) is 56.7 Å². The Morgan fingerprint density at radius 1 is 1.23 bits per heavy atom. The monoisotopic (exact) mass is 374 g/mol. The molecule has 0 spiro atoms. The first kappa shape index (κ1) is 17.2. The largest absolute Gasteiger partial charge is 0.459 e. The summed E-state index contributed by atoms with van der Waals surface area (Å²) in [6.45, 7) is 3.12. The number of halogens is 1. The molecule has 3 aromatic rings. The average molecular weight is 374 g/mol. The molecule has 0 amide bonds. The van der Waals surface area contributed by atoms with Crippen molar-refractivity contribution in [2.45, 2.75) is 28.7 Å². The van der Waals surface area contributed by atoms with E-state index in [0.717, 1.165) is 35.7 Å². The van der Waals surface area contributed by atoms with Crippen LogP contribution in [-0.4, -0.2) is 21.5 Å². The number of sulfone groups is 1. The second kappa shape index (κ2) is 5.90. The predicted molar refractivity (Wildman–Crippen MR) is 96.2 cm³/mol. The zero-order valence-electron chi connectivity index (χ0n) is 14.3. The Kier molecular flexibility index (Phi) is 3.91. The van der Waals surface area contributed by atoms with Crippen molar-refractivity contribution in [1.29, 1.82) is 0 Å². The molecule has 1 unspecified atom stereocenters. The van der Waals surface area contributed by atoms with E-state index in [0.29, 0.717) is 12.1 Å². The third-order valence-corrected chi connectivity index (χ3v) is 6.73. The molecule has 2 heterocycles. The Labute approximate surface area is 150 Å². The lowest BCUT2D eigenvalue weighted by molar-refractivity contribution is 0.292. The van der Waals surface area contributed by atoms with Gasteiger partial charge in [-0.1, -0.05) is 6.07 Å². The van der Waals surface area contributed by atoms with Gasteiger partial charge in [-0.2, -0.15) is 0 Å². The van der Waals surface area contributed by atoms with Crippen molar-refractivity contribution in [2.24, 2.45) is 5.73 Å². The van der Waals surface area contributed by atoms with Crippen LogP contribution < -0.4 is 11.1 Å². The Balaban J connectivity index is 1.87. The lowest BCUT2D eigenvalue weighted by Crippen LogP contribution is -2.49. The molecule has 0 saturated heterocycles. The molecule has 4 rings (SSSR count). The summed E-state index contributed by atoms with van der Waals surface area (Å²) in [6.07, 6.45) is 0.786. The van der Waals surface area contributed by atoms with Crippen molar-refractivity contribution in [3.8, 4) is 0 Å². The number of rotatable bonds is 3. The summed E-state index contributed by atoms with van der Waals surface area (Å²) >= 11 is 0. The van der Waals surface area contributed by atoms with Gasteiger partial charge >= 0.3 is 0 Å². The number of fused-ring (bicyclic) bond motifs is 3. The molecule has 0 fully saturated rings. The molecule has 1 atom stereocenters. The highest BCUT2D eigenvalue weighted by Gasteiger charge is 2.35. The van der Waals surface area contributed by atoms with E-state index in [2.05, 4.69) is 5.32 Å². The molecular weight excluding hydrogens is 355 g/mol. The molecule has 26 heavy (non-hydrogen) atoms. The molecule has 5 nitrogen and oxygen atoms in total. The van der Waals surface area contributed by atoms with Gasteiger partial charge in [-0.05, 0) is 43.7 Å². The molecule has 136 valence electrons. The fourth-order valence-electron chi connectivity index (χ4n) is 3.47. The highest BCUT2D eigenvalue weighted by molar-refractivity contribution is 7.91. The minimum Gasteiger partial charge on any atom is -0.459 e. The van der Waals surface area contributed by atoms with Crippen LogP contribution in [0.5, 0.6) is 0 Å². The molecule has 2 aromatic carbocycles. The molecule has 1 aromatic heterocycles. The van der Waals surface area contributed by atoms with Crippen LogP contribution in [-0.2, 0) is 21.8 Å². The van der Waals surface area contributed by atoms with E-state index in [4.69, 9.17) is 10.2 Å². The third kappa shape index (κ3) is 2.55. The SMILES string of the molecule is CC1(CN)NCCc2c1oc1cc(S(=O)(=O)c3cccc(F)c3)ccc21. The van der Waals surface area contributed by atoms with Gasteiger partial charge in [0.1, 0.15) is 17.2 Å². The Hall–Kier alpha value is -2.22. The Morgan fingerprint density at radius 3 is 2.73 bits per heavy atom. The Bertz CT molecular complexity index is 1110. The summed E-state index contributed by atoms with van der Waals surface area (Å²) in [7, 11) is -3.83. The second-order valence-electron chi connectivity index (χ2n) is 6.74. The highest BCUT2D eigenvalue weighted by Crippen LogP contribution is 2.37. The fourth-order valence-corrected chi connectivity index (χ4v) is 4.78. The Morgan fingerprint density at radius 2 is 2.00 bits per heavy atom. The van der Waals surface area contributed by atoms with Gasteiger partial charge in [0.25, 0.3) is 0 Å². The van der Waals surface area contributed by atoms with Gasteiger partial charge in [0.15, 0.2) is 0 Å². The average Bonchev–Trinajstić information content (AvgIpc) is 3.01. The molecule has 0 aliphatic carbocycles. The van der Waals surface area contributed by atoms with E-state index in [1.54, 1.807) is 12.1 Å². The first-order valence-electron chi connectivity index (χ1n) is 8.37. The van der Waals surface area contributed by atoms with E-state index < -0.39 is 21.2 Å². The van der Waals surface area contributed by atoms with E-state index >= 15 is 0 Å². The van der Waals surface area contributed by atoms with E-state index in [9.17, 15) is 12.8 Å². The normalized spacial score (nSPS) is 20.3. The molecule has 0 radical (unpaired) electrons. The first-order chi connectivity index (χ1) is 12.3. The van der Waals surface area contributed by atoms with Crippen LogP contribution in [0.25, 0.3) is 11.0 Å². The topological polar surface area (TPSA) is 85.3 Å². The lowest BCUT2D eigenvalue weighted by Gasteiger charge is -2.32. The number of nitrogens with one attached hydrogen (secondary N) is 1. The zero-order valence-corrected chi connectivity index (χ0v) is 15.1. The summed E-state index contributed by atoms with van der Waals surface area (Å²) in [5, 5.41) is 4.25. The summed E-state index contributed by atoms with van der Waals surface area (Å²) in [5.74, 6) is 0.159. The minimum absolute atomic E-state index is 0.0732. The van der Waals surface area contributed by atoms with Crippen molar-refractivity contribution in [2.75, 3.05) is 13.1 Å². The maximum Gasteiger partial charge on any atom is 0.206 e. The molecule has 0 saturated carbocycles. The van der Waals surface area contributed by atoms with Crippen molar-refractivity contribution in [3.05, 3.63) is 59.6 Å². The predicted octanol–water partition coefficient (Wildman–Crippen LogP) is 2.72. The summed E-state index contributed by atoms with van der Waals surface area (Å²) in [6, 6.07) is 9.79. The molecule has 0 bridgehead atoms. The smallest absolute Gasteiger partial charge is 0.206 e.